The smallest absolute Gasteiger partial charge is 0.191 e. The SMILES string of the molecule is CN=C(NCc1c(C)nn(C)c1C)NCC(C)(C)c1ccc(C)cc1. The second-order valence-corrected chi connectivity index (χ2v) is 7.30. The molecule has 0 saturated carbocycles. The van der Waals surface area contributed by atoms with E-state index in [0.717, 1.165) is 24.7 Å². The van der Waals surface area contributed by atoms with Crippen molar-refractivity contribution in [2.75, 3.05) is 13.6 Å². The lowest BCUT2D eigenvalue weighted by molar-refractivity contribution is 0.508. The van der Waals surface area contributed by atoms with Crippen LogP contribution in [0.4, 0.5) is 0 Å². The van der Waals surface area contributed by atoms with Gasteiger partial charge in [-0.05, 0) is 26.3 Å². The topological polar surface area (TPSA) is 54.2 Å². The Morgan fingerprint density at radius 3 is 2.28 bits per heavy atom. The molecule has 0 aliphatic carbocycles. The number of hydrogen-bond acceptors (Lipinski definition) is 2. The van der Waals surface area contributed by atoms with E-state index in [1.165, 1.54) is 22.4 Å². The van der Waals surface area contributed by atoms with Gasteiger partial charge >= 0.3 is 0 Å². The van der Waals surface area contributed by atoms with Crippen LogP contribution in [0.5, 0.6) is 0 Å². The van der Waals surface area contributed by atoms with Crippen molar-refractivity contribution in [3.05, 3.63) is 52.3 Å². The molecular formula is C20H31N5. The zero-order valence-corrected chi connectivity index (χ0v) is 16.6. The van der Waals surface area contributed by atoms with Crippen LogP contribution in [0.25, 0.3) is 0 Å². The first-order valence-electron chi connectivity index (χ1n) is 8.75. The lowest BCUT2D eigenvalue weighted by Gasteiger charge is -2.27. The molecule has 1 aromatic carbocycles. The van der Waals surface area contributed by atoms with E-state index in [4.69, 9.17) is 0 Å². The number of hydrogen-bond donors (Lipinski definition) is 2. The van der Waals surface area contributed by atoms with Crippen molar-refractivity contribution in [2.24, 2.45) is 12.0 Å². The Morgan fingerprint density at radius 2 is 1.76 bits per heavy atom. The molecule has 25 heavy (non-hydrogen) atoms. The van der Waals surface area contributed by atoms with E-state index < -0.39 is 0 Å². The lowest BCUT2D eigenvalue weighted by Crippen LogP contribution is -2.43. The summed E-state index contributed by atoms with van der Waals surface area (Å²) in [6, 6.07) is 8.74. The molecule has 0 amide bonds. The Morgan fingerprint density at radius 1 is 1.12 bits per heavy atom. The summed E-state index contributed by atoms with van der Waals surface area (Å²) < 4.78 is 1.92. The average Bonchev–Trinajstić information content (AvgIpc) is 2.81. The van der Waals surface area contributed by atoms with Crippen LogP contribution in [0.2, 0.25) is 0 Å². The Balaban J connectivity index is 1.97. The summed E-state index contributed by atoms with van der Waals surface area (Å²) in [4.78, 5) is 4.35. The van der Waals surface area contributed by atoms with E-state index in [9.17, 15) is 0 Å². The highest BCUT2D eigenvalue weighted by Crippen LogP contribution is 2.22. The second kappa shape index (κ2) is 7.72. The maximum absolute atomic E-state index is 4.46. The first kappa shape index (κ1) is 19.0. The van der Waals surface area contributed by atoms with Crippen LogP contribution in [-0.2, 0) is 19.0 Å². The molecule has 5 heteroatoms. The zero-order chi connectivity index (χ0) is 18.6. The van der Waals surface area contributed by atoms with Crippen molar-refractivity contribution in [3.8, 4) is 0 Å². The highest BCUT2D eigenvalue weighted by atomic mass is 15.3. The molecule has 0 spiro atoms. The molecule has 1 heterocycles. The van der Waals surface area contributed by atoms with Crippen LogP contribution in [-0.4, -0.2) is 29.3 Å². The van der Waals surface area contributed by atoms with E-state index in [1.54, 1.807) is 7.05 Å². The number of nitrogens with one attached hydrogen (secondary N) is 2. The number of aryl methyl sites for hydroxylation is 3. The predicted octanol–water partition coefficient (Wildman–Crippen LogP) is 2.99. The number of benzene rings is 1. The van der Waals surface area contributed by atoms with Gasteiger partial charge in [-0.15, -0.1) is 0 Å². The van der Waals surface area contributed by atoms with Crippen LogP contribution in [0, 0.1) is 20.8 Å². The first-order valence-corrected chi connectivity index (χ1v) is 8.75. The average molecular weight is 342 g/mol. The third kappa shape index (κ3) is 4.62. The molecule has 1 aromatic heterocycles. The van der Waals surface area contributed by atoms with Gasteiger partial charge in [-0.1, -0.05) is 43.7 Å². The van der Waals surface area contributed by atoms with Gasteiger partial charge < -0.3 is 10.6 Å². The number of guanidine groups is 1. The molecule has 2 N–H and O–H groups in total. The molecular weight excluding hydrogens is 310 g/mol. The minimum atomic E-state index is 0.0193. The zero-order valence-electron chi connectivity index (χ0n) is 16.6. The first-order chi connectivity index (χ1) is 11.7. The van der Waals surface area contributed by atoms with E-state index in [2.05, 4.69) is 72.7 Å². The van der Waals surface area contributed by atoms with Gasteiger partial charge in [0.1, 0.15) is 0 Å². The van der Waals surface area contributed by atoms with Crippen LogP contribution >= 0.6 is 0 Å². The summed E-state index contributed by atoms with van der Waals surface area (Å²) >= 11 is 0. The van der Waals surface area contributed by atoms with Crippen molar-refractivity contribution in [1.82, 2.24) is 20.4 Å². The minimum Gasteiger partial charge on any atom is -0.356 e. The van der Waals surface area contributed by atoms with Crippen molar-refractivity contribution in [3.63, 3.8) is 0 Å². The van der Waals surface area contributed by atoms with Crippen LogP contribution in [0.1, 0.15) is 41.9 Å². The molecule has 0 radical (unpaired) electrons. The number of rotatable bonds is 5. The molecule has 136 valence electrons. The number of aromatic nitrogens is 2. The van der Waals surface area contributed by atoms with Crippen LogP contribution in [0.3, 0.4) is 0 Å². The van der Waals surface area contributed by atoms with E-state index >= 15 is 0 Å². The van der Waals surface area contributed by atoms with Crippen LogP contribution in [0.15, 0.2) is 29.3 Å². The molecule has 0 bridgehead atoms. The predicted molar refractivity (Wildman–Crippen MR) is 105 cm³/mol. The Hall–Kier alpha value is -2.30. The molecule has 0 saturated heterocycles. The Bertz CT molecular complexity index is 738. The normalized spacial score (nSPS) is 12.4. The van der Waals surface area contributed by atoms with Crippen molar-refractivity contribution in [2.45, 2.75) is 46.6 Å². The third-order valence-corrected chi connectivity index (χ3v) is 4.85. The quantitative estimate of drug-likeness (QED) is 0.649. The Kier molecular flexibility index (Phi) is 5.88. The number of nitrogens with zero attached hydrogens (tertiary/aromatic N) is 3. The summed E-state index contributed by atoms with van der Waals surface area (Å²) in [7, 11) is 3.78. The summed E-state index contributed by atoms with van der Waals surface area (Å²) in [5, 5.41) is 11.3. The molecule has 0 aliphatic heterocycles. The molecule has 5 nitrogen and oxygen atoms in total. The van der Waals surface area contributed by atoms with Gasteiger partial charge in [0, 0.05) is 43.9 Å². The number of aliphatic imine (C=N–C) groups is 1. The maximum atomic E-state index is 4.46. The summed E-state index contributed by atoms with van der Waals surface area (Å²) in [6.45, 7) is 12.3. The summed E-state index contributed by atoms with van der Waals surface area (Å²) in [5.41, 5.74) is 6.09. The fraction of sp³-hybridized carbons (Fsp3) is 0.500. The van der Waals surface area contributed by atoms with E-state index in [1.807, 2.05) is 18.7 Å². The standard InChI is InChI=1S/C20H31N5/c1-14-8-10-17(11-9-14)20(4,5)13-23-19(21-6)22-12-18-15(2)24-25(7)16(18)3/h8-11H,12-13H2,1-7H3,(H2,21,22,23). The van der Waals surface area contributed by atoms with E-state index in [-0.39, 0.29) is 5.41 Å². The largest absolute Gasteiger partial charge is 0.356 e. The second-order valence-electron chi connectivity index (χ2n) is 7.30. The molecule has 0 unspecified atom stereocenters. The van der Waals surface area contributed by atoms with Gasteiger partial charge in [0.15, 0.2) is 5.96 Å². The Labute approximate surface area is 151 Å². The van der Waals surface area contributed by atoms with Crippen molar-refractivity contribution < 1.29 is 0 Å². The highest BCUT2D eigenvalue weighted by molar-refractivity contribution is 5.79. The molecule has 0 atom stereocenters. The lowest BCUT2D eigenvalue weighted by atomic mass is 9.84. The molecule has 0 aliphatic rings. The van der Waals surface area contributed by atoms with Crippen LogP contribution < -0.4 is 10.6 Å². The maximum Gasteiger partial charge on any atom is 0.191 e. The van der Waals surface area contributed by atoms with Crippen molar-refractivity contribution >= 4 is 5.96 Å². The van der Waals surface area contributed by atoms with Gasteiger partial charge in [-0.25, -0.2) is 0 Å². The summed E-state index contributed by atoms with van der Waals surface area (Å²) in [6.07, 6.45) is 0. The van der Waals surface area contributed by atoms with Gasteiger partial charge in [-0.3, -0.25) is 9.67 Å². The van der Waals surface area contributed by atoms with Gasteiger partial charge in [0.2, 0.25) is 0 Å². The summed E-state index contributed by atoms with van der Waals surface area (Å²) in [5.74, 6) is 0.808. The minimum absolute atomic E-state index is 0.0193. The molecule has 2 rings (SSSR count). The van der Waals surface area contributed by atoms with Gasteiger partial charge in [0.05, 0.1) is 5.69 Å². The molecule has 2 aromatic rings. The van der Waals surface area contributed by atoms with Gasteiger partial charge in [-0.2, -0.15) is 5.10 Å². The van der Waals surface area contributed by atoms with Gasteiger partial charge in [0.25, 0.3) is 0 Å². The third-order valence-electron chi connectivity index (χ3n) is 4.85. The highest BCUT2D eigenvalue weighted by Gasteiger charge is 2.21. The van der Waals surface area contributed by atoms with E-state index in [0.29, 0.717) is 0 Å². The molecule has 0 fully saturated rings. The fourth-order valence-corrected chi connectivity index (χ4v) is 2.88. The monoisotopic (exact) mass is 341 g/mol. The van der Waals surface area contributed by atoms with Crippen molar-refractivity contribution in [1.29, 1.82) is 0 Å². The fourth-order valence-electron chi connectivity index (χ4n) is 2.88.